The van der Waals surface area contributed by atoms with Crippen molar-refractivity contribution in [2.75, 3.05) is 6.54 Å². The van der Waals surface area contributed by atoms with Gasteiger partial charge >= 0.3 is 5.97 Å². The Bertz CT molecular complexity index is 579. The van der Waals surface area contributed by atoms with E-state index >= 15 is 0 Å². The molecule has 2 N–H and O–H groups in total. The lowest BCUT2D eigenvalue weighted by Crippen LogP contribution is -2.58. The Labute approximate surface area is 123 Å². The zero-order valence-corrected chi connectivity index (χ0v) is 12.1. The number of nitrogens with zero attached hydrogens (tertiary/aromatic N) is 1. The molecule has 1 aromatic carbocycles. The van der Waals surface area contributed by atoms with Crippen LogP contribution in [0.4, 0.5) is 0 Å². The van der Waals surface area contributed by atoms with Gasteiger partial charge in [0.25, 0.3) is 0 Å². The number of carboxylic acids is 1. The van der Waals surface area contributed by atoms with Gasteiger partial charge in [-0.15, -0.1) is 0 Å². The largest absolute Gasteiger partial charge is 0.480 e. The first-order valence-corrected chi connectivity index (χ1v) is 7.37. The molecule has 1 amide bonds. The van der Waals surface area contributed by atoms with Gasteiger partial charge in [-0.25, -0.2) is 4.79 Å². The third kappa shape index (κ3) is 2.42. The predicted octanol–water partition coefficient (Wildman–Crippen LogP) is 1.17. The van der Waals surface area contributed by atoms with Crippen LogP contribution in [0.2, 0.25) is 0 Å². The molecule has 5 heteroatoms. The molecular formula is C16H20N2O3. The number of carbonyl (C=O) groups excluding carboxylic acids is 1. The highest BCUT2D eigenvalue weighted by Gasteiger charge is 2.44. The van der Waals surface area contributed by atoms with Crippen molar-refractivity contribution >= 4 is 11.9 Å². The molecule has 21 heavy (non-hydrogen) atoms. The fourth-order valence-electron chi connectivity index (χ4n) is 3.35. The van der Waals surface area contributed by atoms with E-state index in [4.69, 9.17) is 0 Å². The minimum absolute atomic E-state index is 0.0955. The molecule has 1 unspecified atom stereocenters. The number of amides is 1. The summed E-state index contributed by atoms with van der Waals surface area (Å²) in [7, 11) is 0. The third-order valence-corrected chi connectivity index (χ3v) is 4.64. The van der Waals surface area contributed by atoms with Gasteiger partial charge in [0, 0.05) is 13.0 Å². The second kappa shape index (κ2) is 5.15. The zero-order chi connectivity index (χ0) is 15.0. The van der Waals surface area contributed by atoms with Crippen LogP contribution in [-0.2, 0) is 22.6 Å². The molecule has 1 fully saturated rings. The molecule has 0 aromatic heterocycles. The molecule has 2 atom stereocenters. The average Bonchev–Trinajstić information content (AvgIpc) is 2.93. The van der Waals surface area contributed by atoms with Gasteiger partial charge in [0.05, 0.1) is 5.54 Å². The number of rotatable bonds is 2. The Morgan fingerprint density at radius 2 is 2.05 bits per heavy atom. The van der Waals surface area contributed by atoms with Crippen molar-refractivity contribution in [1.82, 2.24) is 10.2 Å². The van der Waals surface area contributed by atoms with Gasteiger partial charge in [0.2, 0.25) is 5.91 Å². The van der Waals surface area contributed by atoms with E-state index in [0.717, 1.165) is 30.5 Å². The maximum Gasteiger partial charge on any atom is 0.326 e. The van der Waals surface area contributed by atoms with Crippen LogP contribution >= 0.6 is 0 Å². The Morgan fingerprint density at radius 3 is 2.67 bits per heavy atom. The van der Waals surface area contributed by atoms with Crippen LogP contribution in [0.5, 0.6) is 0 Å². The van der Waals surface area contributed by atoms with E-state index in [2.05, 4.69) is 5.32 Å². The first kappa shape index (κ1) is 14.1. The highest BCUT2D eigenvalue weighted by Crippen LogP contribution is 2.29. The number of hydrogen-bond acceptors (Lipinski definition) is 3. The summed E-state index contributed by atoms with van der Waals surface area (Å²) in [4.78, 5) is 26.0. The van der Waals surface area contributed by atoms with Gasteiger partial charge in [-0.3, -0.25) is 4.79 Å². The summed E-state index contributed by atoms with van der Waals surface area (Å²) in [6, 6.07) is 6.99. The number of hydrogen-bond donors (Lipinski definition) is 2. The van der Waals surface area contributed by atoms with Gasteiger partial charge in [0.1, 0.15) is 6.04 Å². The third-order valence-electron chi connectivity index (χ3n) is 4.64. The molecule has 1 saturated heterocycles. The van der Waals surface area contributed by atoms with Crippen molar-refractivity contribution in [3.63, 3.8) is 0 Å². The fraction of sp³-hybridized carbons (Fsp3) is 0.500. The Hall–Kier alpha value is -1.88. The van der Waals surface area contributed by atoms with Crippen molar-refractivity contribution in [3.05, 3.63) is 35.4 Å². The Balaban J connectivity index is 1.92. The maximum atomic E-state index is 12.8. The van der Waals surface area contributed by atoms with Gasteiger partial charge in [-0.05, 0) is 37.4 Å². The summed E-state index contributed by atoms with van der Waals surface area (Å²) in [5, 5.41) is 12.7. The monoisotopic (exact) mass is 288 g/mol. The van der Waals surface area contributed by atoms with Crippen LogP contribution in [0.1, 0.15) is 30.9 Å². The van der Waals surface area contributed by atoms with E-state index in [1.807, 2.05) is 31.2 Å². The van der Waals surface area contributed by atoms with Crippen molar-refractivity contribution < 1.29 is 14.7 Å². The molecule has 2 aliphatic heterocycles. The molecule has 0 saturated carbocycles. The lowest BCUT2D eigenvalue weighted by atomic mass is 9.90. The second-order valence-corrected chi connectivity index (χ2v) is 6.12. The Kier molecular flexibility index (Phi) is 3.45. The van der Waals surface area contributed by atoms with Gasteiger partial charge in [-0.1, -0.05) is 24.3 Å². The summed E-state index contributed by atoms with van der Waals surface area (Å²) in [5.74, 6) is -1.03. The first-order valence-electron chi connectivity index (χ1n) is 7.37. The highest BCUT2D eigenvalue weighted by atomic mass is 16.4. The quantitative estimate of drug-likeness (QED) is 0.857. The van der Waals surface area contributed by atoms with Crippen LogP contribution < -0.4 is 5.32 Å². The molecule has 2 aliphatic rings. The van der Waals surface area contributed by atoms with Crippen molar-refractivity contribution in [3.8, 4) is 0 Å². The molecular weight excluding hydrogens is 268 g/mol. The van der Waals surface area contributed by atoms with Gasteiger partial charge < -0.3 is 15.3 Å². The van der Waals surface area contributed by atoms with E-state index in [9.17, 15) is 14.7 Å². The molecule has 1 aromatic rings. The summed E-state index contributed by atoms with van der Waals surface area (Å²) in [6.45, 7) is 3.06. The molecule has 0 aliphatic carbocycles. The minimum atomic E-state index is -0.931. The fourth-order valence-corrected chi connectivity index (χ4v) is 3.35. The van der Waals surface area contributed by atoms with Gasteiger partial charge in [0.15, 0.2) is 0 Å². The lowest BCUT2D eigenvalue weighted by molar-refractivity contribution is -0.154. The standard InChI is InChI=1S/C16H20N2O3/c1-16(7-4-8-17-16)15(21)18-10-12-6-3-2-5-11(12)9-13(18)14(19)20/h2-3,5-6,13,17H,4,7-10H2,1H3,(H,19,20)/t13-,16?/m0/s1. The second-order valence-electron chi connectivity index (χ2n) is 6.12. The Morgan fingerprint density at radius 1 is 1.33 bits per heavy atom. The zero-order valence-electron chi connectivity index (χ0n) is 12.1. The molecule has 3 rings (SSSR count). The molecule has 112 valence electrons. The summed E-state index contributed by atoms with van der Waals surface area (Å²) >= 11 is 0. The van der Waals surface area contributed by atoms with Crippen molar-refractivity contribution in [2.45, 2.75) is 44.3 Å². The number of carboxylic acid groups (broad SMARTS) is 1. The molecule has 0 bridgehead atoms. The normalized spacial score (nSPS) is 28.2. The number of benzene rings is 1. The average molecular weight is 288 g/mol. The molecule has 5 nitrogen and oxygen atoms in total. The molecule has 0 radical (unpaired) electrons. The van der Waals surface area contributed by atoms with E-state index in [1.54, 1.807) is 0 Å². The van der Waals surface area contributed by atoms with E-state index in [0.29, 0.717) is 13.0 Å². The van der Waals surface area contributed by atoms with E-state index in [-0.39, 0.29) is 5.91 Å². The van der Waals surface area contributed by atoms with Crippen LogP contribution in [0.15, 0.2) is 24.3 Å². The van der Waals surface area contributed by atoms with E-state index < -0.39 is 17.6 Å². The molecule has 0 spiro atoms. The van der Waals surface area contributed by atoms with Crippen LogP contribution in [0.25, 0.3) is 0 Å². The van der Waals surface area contributed by atoms with Crippen LogP contribution in [0, 0.1) is 0 Å². The highest BCUT2D eigenvalue weighted by molar-refractivity contribution is 5.90. The SMILES string of the molecule is CC1(C(=O)N2Cc3ccccc3C[C@H]2C(=O)O)CCCN1. The topological polar surface area (TPSA) is 69.6 Å². The summed E-state index contributed by atoms with van der Waals surface area (Å²) < 4.78 is 0. The summed E-state index contributed by atoms with van der Waals surface area (Å²) in [6.07, 6.45) is 2.09. The lowest BCUT2D eigenvalue weighted by Gasteiger charge is -2.39. The maximum absolute atomic E-state index is 12.8. The predicted molar refractivity (Wildman–Crippen MR) is 77.8 cm³/mol. The van der Waals surface area contributed by atoms with Crippen LogP contribution in [-0.4, -0.2) is 40.0 Å². The van der Waals surface area contributed by atoms with Crippen molar-refractivity contribution in [2.24, 2.45) is 0 Å². The van der Waals surface area contributed by atoms with E-state index in [1.165, 1.54) is 4.90 Å². The van der Waals surface area contributed by atoms with Crippen LogP contribution in [0.3, 0.4) is 0 Å². The minimum Gasteiger partial charge on any atom is -0.480 e. The number of carbonyl (C=O) groups is 2. The number of fused-ring (bicyclic) bond motifs is 1. The van der Waals surface area contributed by atoms with Gasteiger partial charge in [-0.2, -0.15) is 0 Å². The number of aliphatic carboxylic acids is 1. The molecule has 2 heterocycles. The first-order chi connectivity index (χ1) is 10.0. The summed E-state index contributed by atoms with van der Waals surface area (Å²) in [5.41, 5.74) is 1.45. The van der Waals surface area contributed by atoms with Crippen molar-refractivity contribution in [1.29, 1.82) is 0 Å². The smallest absolute Gasteiger partial charge is 0.326 e. The number of nitrogens with one attached hydrogen (secondary N) is 1.